The first-order valence-corrected chi connectivity index (χ1v) is 5.34. The number of hydrogen-bond donors (Lipinski definition) is 1. The average Bonchev–Trinajstić information content (AvgIpc) is 2.59. The molecular formula is C12H15NO. The van der Waals surface area contributed by atoms with Crippen molar-refractivity contribution in [1.29, 1.82) is 0 Å². The van der Waals surface area contributed by atoms with Crippen LogP contribution >= 0.6 is 0 Å². The molecule has 2 heteroatoms. The standard InChI is InChI=1S/C12H15NO/c13-11-6-10(7-11)8-1-2-12-9(5-8)3-4-14-12/h1-2,5,10-11H,3-4,6-7,13H2. The molecule has 1 saturated carbocycles. The highest BCUT2D eigenvalue weighted by Gasteiger charge is 2.28. The third kappa shape index (κ3) is 1.22. The van der Waals surface area contributed by atoms with Crippen LogP contribution < -0.4 is 10.5 Å². The second kappa shape index (κ2) is 2.99. The number of benzene rings is 1. The van der Waals surface area contributed by atoms with Gasteiger partial charge in [0.15, 0.2) is 0 Å². The van der Waals surface area contributed by atoms with E-state index in [9.17, 15) is 0 Å². The van der Waals surface area contributed by atoms with Crippen LogP contribution in [0.2, 0.25) is 0 Å². The number of rotatable bonds is 1. The smallest absolute Gasteiger partial charge is 0.122 e. The molecule has 1 aliphatic heterocycles. The largest absolute Gasteiger partial charge is 0.493 e. The normalized spacial score (nSPS) is 29.2. The highest BCUT2D eigenvalue weighted by Crippen LogP contribution is 2.38. The fraction of sp³-hybridized carbons (Fsp3) is 0.500. The number of fused-ring (bicyclic) bond motifs is 1. The molecule has 1 fully saturated rings. The van der Waals surface area contributed by atoms with Crippen LogP contribution in [0.4, 0.5) is 0 Å². The van der Waals surface area contributed by atoms with Crippen LogP contribution in [0.15, 0.2) is 18.2 Å². The summed E-state index contributed by atoms with van der Waals surface area (Å²) in [7, 11) is 0. The van der Waals surface area contributed by atoms with Crippen molar-refractivity contribution >= 4 is 0 Å². The Morgan fingerprint density at radius 1 is 1.29 bits per heavy atom. The van der Waals surface area contributed by atoms with Gasteiger partial charge >= 0.3 is 0 Å². The molecule has 1 aromatic rings. The molecule has 0 amide bonds. The van der Waals surface area contributed by atoms with E-state index in [0.29, 0.717) is 12.0 Å². The summed E-state index contributed by atoms with van der Waals surface area (Å²) < 4.78 is 5.48. The van der Waals surface area contributed by atoms with Gasteiger partial charge in [0, 0.05) is 12.5 Å². The molecule has 0 spiro atoms. The lowest BCUT2D eigenvalue weighted by Crippen LogP contribution is -2.34. The maximum absolute atomic E-state index is 5.79. The van der Waals surface area contributed by atoms with E-state index in [1.807, 2.05) is 0 Å². The van der Waals surface area contributed by atoms with Crippen molar-refractivity contribution < 1.29 is 4.74 Å². The van der Waals surface area contributed by atoms with Gasteiger partial charge in [0.25, 0.3) is 0 Å². The second-order valence-corrected chi connectivity index (χ2v) is 4.39. The summed E-state index contributed by atoms with van der Waals surface area (Å²) in [6.45, 7) is 0.850. The van der Waals surface area contributed by atoms with E-state index in [2.05, 4.69) is 18.2 Å². The van der Waals surface area contributed by atoms with Gasteiger partial charge in [-0.1, -0.05) is 12.1 Å². The molecule has 2 nitrogen and oxygen atoms in total. The zero-order chi connectivity index (χ0) is 9.54. The van der Waals surface area contributed by atoms with Gasteiger partial charge in [-0.25, -0.2) is 0 Å². The van der Waals surface area contributed by atoms with Crippen molar-refractivity contribution in [3.63, 3.8) is 0 Å². The van der Waals surface area contributed by atoms with Crippen LogP contribution in [0.25, 0.3) is 0 Å². The Morgan fingerprint density at radius 3 is 2.93 bits per heavy atom. The fourth-order valence-electron chi connectivity index (χ4n) is 2.39. The maximum atomic E-state index is 5.79. The average molecular weight is 189 g/mol. The first-order chi connectivity index (χ1) is 6.83. The molecule has 1 aliphatic carbocycles. The van der Waals surface area contributed by atoms with E-state index < -0.39 is 0 Å². The van der Waals surface area contributed by atoms with Crippen LogP contribution in [-0.4, -0.2) is 12.6 Å². The van der Waals surface area contributed by atoms with Gasteiger partial charge in [-0.3, -0.25) is 0 Å². The third-order valence-electron chi connectivity index (χ3n) is 3.36. The molecule has 0 atom stereocenters. The predicted octanol–water partition coefficient (Wildman–Crippen LogP) is 1.83. The molecule has 0 bridgehead atoms. The van der Waals surface area contributed by atoms with Crippen LogP contribution in [0, 0.1) is 0 Å². The number of hydrogen-bond acceptors (Lipinski definition) is 2. The van der Waals surface area contributed by atoms with Gasteiger partial charge in [-0.05, 0) is 36.0 Å². The minimum absolute atomic E-state index is 0.435. The first-order valence-electron chi connectivity index (χ1n) is 5.34. The fourth-order valence-corrected chi connectivity index (χ4v) is 2.39. The lowest BCUT2D eigenvalue weighted by Gasteiger charge is -2.32. The van der Waals surface area contributed by atoms with E-state index in [4.69, 9.17) is 10.5 Å². The molecule has 2 N–H and O–H groups in total. The van der Waals surface area contributed by atoms with Crippen molar-refractivity contribution in [2.45, 2.75) is 31.2 Å². The monoisotopic (exact) mass is 189 g/mol. The summed E-state index contributed by atoms with van der Waals surface area (Å²) in [5.74, 6) is 1.79. The number of ether oxygens (including phenoxy) is 1. The second-order valence-electron chi connectivity index (χ2n) is 4.39. The molecular weight excluding hydrogens is 174 g/mol. The first kappa shape index (κ1) is 8.30. The third-order valence-corrected chi connectivity index (χ3v) is 3.36. The van der Waals surface area contributed by atoms with Crippen molar-refractivity contribution in [3.05, 3.63) is 29.3 Å². The Kier molecular flexibility index (Phi) is 1.77. The zero-order valence-corrected chi connectivity index (χ0v) is 8.20. The highest BCUT2D eigenvalue weighted by atomic mass is 16.5. The summed E-state index contributed by atoms with van der Waals surface area (Å²) in [6.07, 6.45) is 3.38. The van der Waals surface area contributed by atoms with Crippen molar-refractivity contribution in [3.8, 4) is 5.75 Å². The Balaban J connectivity index is 1.86. The van der Waals surface area contributed by atoms with Gasteiger partial charge in [0.2, 0.25) is 0 Å². The van der Waals surface area contributed by atoms with E-state index in [1.165, 1.54) is 11.1 Å². The summed E-state index contributed by atoms with van der Waals surface area (Å²) in [4.78, 5) is 0. The van der Waals surface area contributed by atoms with Gasteiger partial charge in [-0.2, -0.15) is 0 Å². The van der Waals surface area contributed by atoms with E-state index >= 15 is 0 Å². The molecule has 0 aromatic heterocycles. The minimum Gasteiger partial charge on any atom is -0.493 e. The van der Waals surface area contributed by atoms with Crippen LogP contribution in [0.1, 0.15) is 29.9 Å². The Labute approximate surface area is 84.1 Å². The summed E-state index contributed by atoms with van der Waals surface area (Å²) in [5.41, 5.74) is 8.63. The van der Waals surface area contributed by atoms with Gasteiger partial charge in [-0.15, -0.1) is 0 Å². The van der Waals surface area contributed by atoms with Crippen LogP contribution in [0.3, 0.4) is 0 Å². The predicted molar refractivity (Wildman–Crippen MR) is 55.6 cm³/mol. The van der Waals surface area contributed by atoms with Crippen molar-refractivity contribution in [2.75, 3.05) is 6.61 Å². The van der Waals surface area contributed by atoms with Gasteiger partial charge < -0.3 is 10.5 Å². The van der Waals surface area contributed by atoms with Crippen molar-refractivity contribution in [2.24, 2.45) is 5.73 Å². The molecule has 14 heavy (non-hydrogen) atoms. The molecule has 3 rings (SSSR count). The Hall–Kier alpha value is -1.02. The van der Waals surface area contributed by atoms with Gasteiger partial charge in [0.05, 0.1) is 6.61 Å². The van der Waals surface area contributed by atoms with E-state index in [-0.39, 0.29) is 0 Å². The molecule has 2 aliphatic rings. The van der Waals surface area contributed by atoms with Crippen molar-refractivity contribution in [1.82, 2.24) is 0 Å². The van der Waals surface area contributed by atoms with Gasteiger partial charge in [0.1, 0.15) is 5.75 Å². The SMILES string of the molecule is NC1CC(c2ccc3c(c2)CCO3)C1. The topological polar surface area (TPSA) is 35.2 Å². The molecule has 1 aromatic carbocycles. The maximum Gasteiger partial charge on any atom is 0.122 e. The Bertz CT molecular complexity index is 355. The highest BCUT2D eigenvalue weighted by molar-refractivity contribution is 5.41. The van der Waals surface area contributed by atoms with E-state index in [0.717, 1.165) is 31.6 Å². The zero-order valence-electron chi connectivity index (χ0n) is 8.20. The lowest BCUT2D eigenvalue weighted by molar-refractivity contribution is 0.350. The summed E-state index contributed by atoms with van der Waals surface area (Å²) in [6, 6.07) is 7.05. The molecule has 0 radical (unpaired) electrons. The molecule has 74 valence electrons. The molecule has 1 heterocycles. The lowest BCUT2D eigenvalue weighted by atomic mass is 9.76. The van der Waals surface area contributed by atoms with E-state index in [1.54, 1.807) is 0 Å². The minimum atomic E-state index is 0.435. The Morgan fingerprint density at radius 2 is 2.14 bits per heavy atom. The number of nitrogens with two attached hydrogens (primary N) is 1. The van der Waals surface area contributed by atoms with Crippen LogP contribution in [0.5, 0.6) is 5.75 Å². The summed E-state index contributed by atoms with van der Waals surface area (Å²) in [5, 5.41) is 0. The van der Waals surface area contributed by atoms with Crippen LogP contribution in [-0.2, 0) is 6.42 Å². The molecule has 0 unspecified atom stereocenters. The quantitative estimate of drug-likeness (QED) is 0.731. The summed E-state index contributed by atoms with van der Waals surface area (Å²) >= 11 is 0. The molecule has 0 saturated heterocycles.